The summed E-state index contributed by atoms with van der Waals surface area (Å²) in [4.78, 5) is 15.4. The number of fused-ring (bicyclic) bond motifs is 1. The molecule has 0 unspecified atom stereocenters. The number of hydrogen-bond donors (Lipinski definition) is 1. The monoisotopic (exact) mass is 240 g/mol. The number of benzene rings is 1. The molecule has 0 aliphatic carbocycles. The molecule has 1 N–H and O–H groups in total. The van der Waals surface area contributed by atoms with E-state index >= 15 is 0 Å². The van der Waals surface area contributed by atoms with Crippen LogP contribution in [0.15, 0.2) is 23.7 Å². The van der Waals surface area contributed by atoms with Crippen molar-refractivity contribution in [3.8, 4) is 0 Å². The predicted octanol–water partition coefficient (Wildman–Crippen LogP) is 2.86. The van der Waals surface area contributed by atoms with E-state index in [0.29, 0.717) is 12.3 Å². The van der Waals surface area contributed by atoms with Gasteiger partial charge in [0.15, 0.2) is 0 Å². The zero-order chi connectivity index (χ0) is 10.7. The van der Waals surface area contributed by atoms with Gasteiger partial charge in [-0.05, 0) is 18.2 Å². The van der Waals surface area contributed by atoms with E-state index in [1.54, 1.807) is 16.8 Å². The maximum absolute atomic E-state index is 11.3. The van der Waals surface area contributed by atoms with Crippen molar-refractivity contribution in [1.29, 1.82) is 0 Å². The molecule has 15 heavy (non-hydrogen) atoms. The molecular weight excluding hydrogens is 232 g/mol. The number of thiazole rings is 1. The van der Waals surface area contributed by atoms with Crippen LogP contribution in [-0.2, 0) is 4.79 Å². The van der Waals surface area contributed by atoms with Crippen LogP contribution >= 0.6 is 22.9 Å². The van der Waals surface area contributed by atoms with Crippen molar-refractivity contribution in [2.24, 2.45) is 0 Å². The van der Waals surface area contributed by atoms with E-state index in [2.05, 4.69) is 10.3 Å². The lowest BCUT2D eigenvalue weighted by Crippen LogP contribution is -2.11. The summed E-state index contributed by atoms with van der Waals surface area (Å²) in [5.41, 5.74) is 3.53. The maximum atomic E-state index is 11.3. The highest BCUT2D eigenvalue weighted by molar-refractivity contribution is 7.16. The van der Waals surface area contributed by atoms with Crippen molar-refractivity contribution in [1.82, 2.24) is 4.98 Å². The third kappa shape index (κ3) is 2.46. The highest BCUT2D eigenvalue weighted by atomic mass is 35.5. The Kier molecular flexibility index (Phi) is 3.18. The highest BCUT2D eigenvalue weighted by Gasteiger charge is 2.02. The fraction of sp³-hybridized carbons (Fsp3) is 0.200. The average molecular weight is 241 g/mol. The summed E-state index contributed by atoms with van der Waals surface area (Å²) in [6.45, 7) is 0. The van der Waals surface area contributed by atoms with Crippen LogP contribution in [0.4, 0.5) is 5.69 Å². The van der Waals surface area contributed by atoms with Gasteiger partial charge in [0.05, 0.1) is 15.7 Å². The highest BCUT2D eigenvalue weighted by Crippen LogP contribution is 2.21. The summed E-state index contributed by atoms with van der Waals surface area (Å²) >= 11 is 7.02. The van der Waals surface area contributed by atoms with Crippen molar-refractivity contribution in [3.05, 3.63) is 23.7 Å². The minimum atomic E-state index is -0.0612. The van der Waals surface area contributed by atoms with Gasteiger partial charge in [-0.25, -0.2) is 4.98 Å². The first-order chi connectivity index (χ1) is 7.29. The molecule has 0 saturated heterocycles. The number of anilines is 1. The number of carbonyl (C=O) groups is 1. The van der Waals surface area contributed by atoms with E-state index < -0.39 is 0 Å². The number of carbonyl (C=O) groups excluding carboxylic acids is 1. The molecule has 1 amide bonds. The number of aromatic nitrogens is 1. The molecule has 0 bridgehead atoms. The van der Waals surface area contributed by atoms with Crippen molar-refractivity contribution in [3.63, 3.8) is 0 Å². The van der Waals surface area contributed by atoms with Crippen LogP contribution in [0.1, 0.15) is 6.42 Å². The quantitative estimate of drug-likeness (QED) is 0.839. The van der Waals surface area contributed by atoms with Crippen LogP contribution in [0.3, 0.4) is 0 Å². The van der Waals surface area contributed by atoms with Gasteiger partial charge in [0.25, 0.3) is 0 Å². The first-order valence-corrected chi connectivity index (χ1v) is 5.90. The topological polar surface area (TPSA) is 42.0 Å². The normalized spacial score (nSPS) is 10.5. The summed E-state index contributed by atoms with van der Waals surface area (Å²) in [7, 11) is 0. The molecule has 0 radical (unpaired) electrons. The van der Waals surface area contributed by atoms with E-state index in [1.165, 1.54) is 0 Å². The number of rotatable bonds is 3. The van der Waals surface area contributed by atoms with E-state index in [1.807, 2.05) is 18.2 Å². The third-order valence-electron chi connectivity index (χ3n) is 1.94. The Morgan fingerprint density at radius 2 is 2.40 bits per heavy atom. The number of halogens is 1. The first kappa shape index (κ1) is 10.4. The molecule has 0 aliphatic rings. The minimum Gasteiger partial charge on any atom is -0.326 e. The molecule has 0 saturated carbocycles. The Morgan fingerprint density at radius 3 is 3.20 bits per heavy atom. The number of nitrogens with zero attached hydrogens (tertiary/aromatic N) is 1. The van der Waals surface area contributed by atoms with Gasteiger partial charge in [0, 0.05) is 18.0 Å². The lowest BCUT2D eigenvalue weighted by molar-refractivity contribution is -0.115. The Hall–Kier alpha value is -1.13. The molecule has 2 aromatic rings. The summed E-state index contributed by atoms with van der Waals surface area (Å²) < 4.78 is 1.07. The van der Waals surface area contributed by atoms with Crippen LogP contribution in [0.2, 0.25) is 0 Å². The summed E-state index contributed by atoms with van der Waals surface area (Å²) in [6, 6.07) is 5.65. The van der Waals surface area contributed by atoms with Gasteiger partial charge < -0.3 is 5.32 Å². The number of hydrogen-bond acceptors (Lipinski definition) is 3. The third-order valence-corrected chi connectivity index (χ3v) is 2.92. The molecule has 0 fully saturated rings. The smallest absolute Gasteiger partial charge is 0.225 e. The van der Waals surface area contributed by atoms with Gasteiger partial charge >= 0.3 is 0 Å². The lowest BCUT2D eigenvalue weighted by Gasteiger charge is -2.02. The van der Waals surface area contributed by atoms with Crippen LogP contribution < -0.4 is 5.32 Å². The number of amides is 1. The van der Waals surface area contributed by atoms with E-state index in [0.717, 1.165) is 15.9 Å². The molecule has 0 aliphatic heterocycles. The maximum Gasteiger partial charge on any atom is 0.225 e. The number of alkyl halides is 1. The summed E-state index contributed by atoms with van der Waals surface area (Å²) in [6.07, 6.45) is 0.336. The molecular formula is C10H9ClN2OS. The van der Waals surface area contributed by atoms with Crippen LogP contribution in [0, 0.1) is 0 Å². The van der Waals surface area contributed by atoms with E-state index in [9.17, 15) is 4.79 Å². The van der Waals surface area contributed by atoms with Gasteiger partial charge in [-0.2, -0.15) is 0 Å². The van der Waals surface area contributed by atoms with Crippen LogP contribution in [0.5, 0.6) is 0 Å². The Labute approximate surface area is 96.1 Å². The molecule has 1 aromatic heterocycles. The number of nitrogens with one attached hydrogen (secondary N) is 1. The van der Waals surface area contributed by atoms with E-state index in [-0.39, 0.29) is 5.91 Å². The van der Waals surface area contributed by atoms with E-state index in [4.69, 9.17) is 11.6 Å². The Morgan fingerprint density at radius 1 is 1.53 bits per heavy atom. The van der Waals surface area contributed by atoms with Gasteiger partial charge in [-0.3, -0.25) is 4.79 Å². The average Bonchev–Trinajstić information content (AvgIpc) is 2.65. The lowest BCUT2D eigenvalue weighted by atomic mass is 10.3. The SMILES string of the molecule is O=C(CCCl)Nc1ccc2ncsc2c1. The molecule has 1 aromatic carbocycles. The summed E-state index contributed by atoms with van der Waals surface area (Å²) in [5, 5.41) is 2.78. The molecule has 1 heterocycles. The standard InChI is InChI=1S/C10H9ClN2OS/c11-4-3-10(14)13-7-1-2-8-9(5-7)15-6-12-8/h1-2,5-6H,3-4H2,(H,13,14). The Bertz CT molecular complexity index is 483. The molecule has 0 atom stereocenters. The predicted molar refractivity (Wildman–Crippen MR) is 63.6 cm³/mol. The van der Waals surface area contributed by atoms with Crippen molar-refractivity contribution in [2.75, 3.05) is 11.2 Å². The minimum absolute atomic E-state index is 0.0612. The molecule has 2 rings (SSSR count). The van der Waals surface area contributed by atoms with Crippen molar-refractivity contribution >= 4 is 44.7 Å². The summed E-state index contributed by atoms with van der Waals surface area (Å²) in [5.74, 6) is 0.281. The van der Waals surface area contributed by atoms with Gasteiger partial charge in [0.1, 0.15) is 0 Å². The van der Waals surface area contributed by atoms with Crippen LogP contribution in [0.25, 0.3) is 10.2 Å². The molecule has 5 heteroatoms. The molecule has 78 valence electrons. The fourth-order valence-electron chi connectivity index (χ4n) is 1.24. The molecule has 3 nitrogen and oxygen atoms in total. The van der Waals surface area contributed by atoms with Gasteiger partial charge in [-0.15, -0.1) is 22.9 Å². The zero-order valence-electron chi connectivity index (χ0n) is 7.87. The largest absolute Gasteiger partial charge is 0.326 e. The second-order valence-corrected chi connectivity index (χ2v) is 4.29. The second-order valence-electron chi connectivity index (χ2n) is 3.02. The van der Waals surface area contributed by atoms with Gasteiger partial charge in [-0.1, -0.05) is 0 Å². The second kappa shape index (κ2) is 4.59. The first-order valence-electron chi connectivity index (χ1n) is 4.48. The van der Waals surface area contributed by atoms with Crippen molar-refractivity contribution < 1.29 is 4.79 Å². The zero-order valence-corrected chi connectivity index (χ0v) is 9.44. The van der Waals surface area contributed by atoms with Crippen molar-refractivity contribution in [2.45, 2.75) is 6.42 Å². The Balaban J connectivity index is 2.17. The van der Waals surface area contributed by atoms with Gasteiger partial charge in [0.2, 0.25) is 5.91 Å². The van der Waals surface area contributed by atoms with Crippen LogP contribution in [-0.4, -0.2) is 16.8 Å². The molecule has 0 spiro atoms. The fourth-order valence-corrected chi connectivity index (χ4v) is 2.13.